The molecule has 0 aliphatic rings. The molecule has 0 atom stereocenters. The lowest BCUT2D eigenvalue weighted by atomic mass is 10.1. The number of carbonyl (C=O) groups excluding carboxylic acids is 2. The van der Waals surface area contributed by atoms with Crippen LogP contribution in [0.3, 0.4) is 0 Å². The molecule has 0 fully saturated rings. The maximum Gasteiger partial charge on any atom is 0.336 e. The zero-order chi connectivity index (χ0) is 14.6. The molecular weight excluding hydrogens is 248 g/mol. The van der Waals surface area contributed by atoms with E-state index in [9.17, 15) is 14.4 Å². The van der Waals surface area contributed by atoms with E-state index in [4.69, 9.17) is 5.11 Å². The number of aryl methyl sites for hydroxylation is 1. The van der Waals surface area contributed by atoms with Gasteiger partial charge >= 0.3 is 5.97 Å². The van der Waals surface area contributed by atoms with Crippen molar-refractivity contribution >= 4 is 23.5 Å². The normalized spacial score (nSPS) is 9.84. The van der Waals surface area contributed by atoms with Crippen molar-refractivity contribution in [3.05, 3.63) is 29.3 Å². The molecule has 19 heavy (non-hydrogen) atoms. The molecule has 1 aromatic carbocycles. The summed E-state index contributed by atoms with van der Waals surface area (Å²) in [5.41, 5.74) is 1.15. The fourth-order valence-electron chi connectivity index (χ4n) is 1.46. The number of benzene rings is 1. The van der Waals surface area contributed by atoms with Crippen LogP contribution in [0.2, 0.25) is 0 Å². The predicted molar refractivity (Wildman–Crippen MR) is 70.1 cm³/mol. The Morgan fingerprint density at radius 2 is 1.95 bits per heavy atom. The lowest BCUT2D eigenvalue weighted by Gasteiger charge is -2.14. The predicted octanol–water partition coefficient (Wildman–Crippen LogP) is 1.11. The summed E-state index contributed by atoms with van der Waals surface area (Å²) < 4.78 is 0. The topological polar surface area (TPSA) is 86.7 Å². The summed E-state index contributed by atoms with van der Waals surface area (Å²) >= 11 is 0. The Morgan fingerprint density at radius 1 is 1.32 bits per heavy atom. The first-order valence-electron chi connectivity index (χ1n) is 5.66. The molecule has 0 heterocycles. The smallest absolute Gasteiger partial charge is 0.336 e. The Labute approximate surface area is 111 Å². The van der Waals surface area contributed by atoms with Crippen LogP contribution in [0.4, 0.5) is 5.69 Å². The zero-order valence-corrected chi connectivity index (χ0v) is 11.1. The number of nitrogens with one attached hydrogen (secondary N) is 1. The lowest BCUT2D eigenvalue weighted by molar-refractivity contribution is -0.131. The van der Waals surface area contributed by atoms with Crippen molar-refractivity contribution in [3.63, 3.8) is 0 Å². The first-order valence-corrected chi connectivity index (χ1v) is 5.66. The molecule has 0 saturated heterocycles. The van der Waals surface area contributed by atoms with E-state index in [1.54, 1.807) is 19.1 Å². The molecule has 1 aromatic rings. The van der Waals surface area contributed by atoms with Crippen LogP contribution in [0.25, 0.3) is 0 Å². The van der Waals surface area contributed by atoms with Crippen molar-refractivity contribution in [1.82, 2.24) is 4.90 Å². The maximum atomic E-state index is 11.6. The lowest BCUT2D eigenvalue weighted by Crippen LogP contribution is -2.33. The van der Waals surface area contributed by atoms with E-state index in [1.165, 1.54) is 24.9 Å². The van der Waals surface area contributed by atoms with E-state index in [2.05, 4.69) is 5.32 Å². The first-order chi connectivity index (χ1) is 8.81. The molecule has 102 valence electrons. The van der Waals surface area contributed by atoms with Crippen LogP contribution in [0, 0.1) is 6.92 Å². The van der Waals surface area contributed by atoms with Gasteiger partial charge in [0, 0.05) is 19.7 Å². The number of hydrogen-bond donors (Lipinski definition) is 2. The van der Waals surface area contributed by atoms with Crippen molar-refractivity contribution in [1.29, 1.82) is 0 Å². The third kappa shape index (κ3) is 4.09. The van der Waals surface area contributed by atoms with Gasteiger partial charge in [-0.05, 0) is 24.6 Å². The van der Waals surface area contributed by atoms with Crippen LogP contribution in [0.15, 0.2) is 18.2 Å². The van der Waals surface area contributed by atoms with Gasteiger partial charge in [-0.15, -0.1) is 0 Å². The second-order valence-electron chi connectivity index (χ2n) is 4.26. The highest BCUT2D eigenvalue weighted by molar-refractivity contribution is 5.96. The van der Waals surface area contributed by atoms with Gasteiger partial charge in [0.1, 0.15) is 0 Å². The number of carboxylic acids is 1. The highest BCUT2D eigenvalue weighted by atomic mass is 16.4. The van der Waals surface area contributed by atoms with E-state index in [0.717, 1.165) is 0 Å². The van der Waals surface area contributed by atoms with Crippen molar-refractivity contribution in [2.45, 2.75) is 13.8 Å². The first kappa shape index (κ1) is 14.7. The largest absolute Gasteiger partial charge is 0.478 e. The number of likely N-dealkylation sites (N-methyl/N-ethyl adjacent to an activating group) is 1. The van der Waals surface area contributed by atoms with E-state index in [1.807, 2.05) is 0 Å². The van der Waals surface area contributed by atoms with Gasteiger partial charge in [-0.3, -0.25) is 9.59 Å². The Bertz CT molecular complexity index is 525. The molecule has 2 amide bonds. The van der Waals surface area contributed by atoms with Gasteiger partial charge in [0.05, 0.1) is 12.1 Å². The second-order valence-corrected chi connectivity index (χ2v) is 4.26. The summed E-state index contributed by atoms with van der Waals surface area (Å²) in [5, 5.41) is 11.5. The summed E-state index contributed by atoms with van der Waals surface area (Å²) in [6.07, 6.45) is 0. The highest BCUT2D eigenvalue weighted by Gasteiger charge is 2.11. The van der Waals surface area contributed by atoms with E-state index < -0.39 is 5.97 Å². The Balaban J connectivity index is 2.78. The molecule has 0 aromatic heterocycles. The summed E-state index contributed by atoms with van der Waals surface area (Å²) in [5.74, 6) is -1.64. The van der Waals surface area contributed by atoms with Gasteiger partial charge in [-0.1, -0.05) is 6.07 Å². The van der Waals surface area contributed by atoms with Gasteiger partial charge < -0.3 is 15.3 Å². The summed E-state index contributed by atoms with van der Waals surface area (Å²) in [6.45, 7) is 2.96. The average Bonchev–Trinajstić information content (AvgIpc) is 2.30. The Hall–Kier alpha value is -2.37. The number of anilines is 1. The molecule has 2 N–H and O–H groups in total. The molecule has 1 rings (SSSR count). The minimum absolute atomic E-state index is 0.0778. The van der Waals surface area contributed by atoms with Gasteiger partial charge in [0.25, 0.3) is 0 Å². The maximum absolute atomic E-state index is 11.6. The van der Waals surface area contributed by atoms with Crippen molar-refractivity contribution in [2.24, 2.45) is 0 Å². The summed E-state index contributed by atoms with van der Waals surface area (Å²) in [4.78, 5) is 34.9. The molecule has 0 spiro atoms. The average molecular weight is 264 g/mol. The van der Waals surface area contributed by atoms with Crippen molar-refractivity contribution < 1.29 is 19.5 Å². The van der Waals surface area contributed by atoms with E-state index in [-0.39, 0.29) is 23.9 Å². The minimum atomic E-state index is -1.05. The highest BCUT2D eigenvalue weighted by Crippen LogP contribution is 2.15. The Morgan fingerprint density at radius 3 is 2.47 bits per heavy atom. The Kier molecular flexibility index (Phi) is 4.63. The minimum Gasteiger partial charge on any atom is -0.478 e. The molecule has 0 radical (unpaired) electrons. The van der Waals surface area contributed by atoms with E-state index in [0.29, 0.717) is 11.3 Å². The van der Waals surface area contributed by atoms with Crippen LogP contribution in [0.1, 0.15) is 22.8 Å². The number of aromatic carboxylic acids is 1. The molecule has 0 bridgehead atoms. The number of rotatable bonds is 4. The van der Waals surface area contributed by atoms with Crippen LogP contribution in [-0.2, 0) is 9.59 Å². The SMILES string of the molecule is CC(=O)N(C)CC(=O)Nc1ccc(C)c(C(=O)O)c1. The summed E-state index contributed by atoms with van der Waals surface area (Å²) in [7, 11) is 1.51. The molecule has 0 saturated carbocycles. The van der Waals surface area contributed by atoms with Crippen LogP contribution < -0.4 is 5.32 Å². The number of carbonyl (C=O) groups is 3. The second kappa shape index (κ2) is 5.99. The molecule has 0 aliphatic heterocycles. The third-order valence-electron chi connectivity index (χ3n) is 2.67. The molecule has 6 nitrogen and oxygen atoms in total. The number of amides is 2. The van der Waals surface area contributed by atoms with Gasteiger partial charge in [0.2, 0.25) is 11.8 Å². The number of nitrogens with zero attached hydrogens (tertiary/aromatic N) is 1. The quantitative estimate of drug-likeness (QED) is 0.852. The van der Waals surface area contributed by atoms with Crippen molar-refractivity contribution in [2.75, 3.05) is 18.9 Å². The van der Waals surface area contributed by atoms with Gasteiger partial charge in [-0.2, -0.15) is 0 Å². The molecule has 6 heteroatoms. The monoisotopic (exact) mass is 264 g/mol. The zero-order valence-electron chi connectivity index (χ0n) is 11.1. The standard InChI is InChI=1S/C13H16N2O4/c1-8-4-5-10(6-11(8)13(18)19)14-12(17)7-15(3)9(2)16/h4-6H,7H2,1-3H3,(H,14,17)(H,18,19). The summed E-state index contributed by atoms with van der Waals surface area (Å²) in [6, 6.07) is 4.63. The van der Waals surface area contributed by atoms with Gasteiger partial charge in [0.15, 0.2) is 0 Å². The van der Waals surface area contributed by atoms with Crippen LogP contribution in [-0.4, -0.2) is 41.4 Å². The van der Waals surface area contributed by atoms with Crippen LogP contribution >= 0.6 is 0 Å². The fraction of sp³-hybridized carbons (Fsp3) is 0.308. The molecular formula is C13H16N2O4. The number of hydrogen-bond acceptors (Lipinski definition) is 3. The fourth-order valence-corrected chi connectivity index (χ4v) is 1.46. The van der Waals surface area contributed by atoms with Crippen molar-refractivity contribution in [3.8, 4) is 0 Å². The molecule has 0 aliphatic carbocycles. The van der Waals surface area contributed by atoms with E-state index >= 15 is 0 Å². The molecule has 0 unspecified atom stereocenters. The third-order valence-corrected chi connectivity index (χ3v) is 2.67. The van der Waals surface area contributed by atoms with Gasteiger partial charge in [-0.25, -0.2) is 4.79 Å². The van der Waals surface area contributed by atoms with Crippen LogP contribution in [0.5, 0.6) is 0 Å². The number of carboxylic acid groups (broad SMARTS) is 1.